The predicted molar refractivity (Wildman–Crippen MR) is 89.2 cm³/mol. The summed E-state index contributed by atoms with van der Waals surface area (Å²) in [4.78, 5) is 12.0. The summed E-state index contributed by atoms with van der Waals surface area (Å²) < 4.78 is 18.6. The Balaban J connectivity index is 2.00. The van der Waals surface area contributed by atoms with Crippen molar-refractivity contribution >= 4 is 17.5 Å². The average molecular weight is 318 g/mol. The van der Waals surface area contributed by atoms with E-state index in [1.165, 1.54) is 12.1 Å². The molecule has 0 saturated carbocycles. The smallest absolute Gasteiger partial charge is 0.172 e. The number of carbonyl (C=O) groups is 1. The highest BCUT2D eigenvalue weighted by atomic mass is 32.2. The van der Waals surface area contributed by atoms with Crippen LogP contribution in [0.1, 0.15) is 28.4 Å². The molecule has 0 amide bonds. The molecule has 2 rings (SSSR count). The van der Waals surface area contributed by atoms with Crippen molar-refractivity contribution in [3.8, 4) is 5.75 Å². The van der Waals surface area contributed by atoms with Crippen molar-refractivity contribution in [3.05, 3.63) is 65.0 Å². The Labute approximate surface area is 134 Å². The van der Waals surface area contributed by atoms with Crippen LogP contribution in [0.15, 0.2) is 42.5 Å². The summed E-state index contributed by atoms with van der Waals surface area (Å²) in [6.07, 6.45) is 0. The van der Waals surface area contributed by atoms with Crippen LogP contribution in [0, 0.1) is 12.7 Å². The zero-order valence-electron chi connectivity index (χ0n) is 12.8. The van der Waals surface area contributed by atoms with Crippen LogP contribution in [-0.2, 0) is 6.61 Å². The van der Waals surface area contributed by atoms with Crippen LogP contribution in [0.3, 0.4) is 0 Å². The van der Waals surface area contributed by atoms with E-state index in [0.717, 1.165) is 22.6 Å². The third-order valence-electron chi connectivity index (χ3n) is 3.24. The van der Waals surface area contributed by atoms with Gasteiger partial charge in [0.05, 0.1) is 5.75 Å². The van der Waals surface area contributed by atoms with E-state index in [4.69, 9.17) is 4.74 Å². The van der Waals surface area contributed by atoms with E-state index in [1.807, 2.05) is 26.0 Å². The van der Waals surface area contributed by atoms with Gasteiger partial charge in [-0.2, -0.15) is 11.8 Å². The average Bonchev–Trinajstić information content (AvgIpc) is 2.53. The van der Waals surface area contributed by atoms with Crippen molar-refractivity contribution in [3.63, 3.8) is 0 Å². The van der Waals surface area contributed by atoms with Crippen molar-refractivity contribution < 1.29 is 13.9 Å². The van der Waals surface area contributed by atoms with Gasteiger partial charge in [-0.15, -0.1) is 0 Å². The molecule has 2 aromatic rings. The SMILES string of the molecule is CCSCC(=O)c1ccc(OCc2ccc(F)cc2)c(C)c1. The first-order chi connectivity index (χ1) is 10.6. The Morgan fingerprint density at radius 1 is 1.18 bits per heavy atom. The van der Waals surface area contributed by atoms with Gasteiger partial charge in [-0.25, -0.2) is 4.39 Å². The molecule has 2 nitrogen and oxygen atoms in total. The first-order valence-corrected chi connectivity index (χ1v) is 8.34. The fourth-order valence-electron chi connectivity index (χ4n) is 2.00. The van der Waals surface area contributed by atoms with Gasteiger partial charge in [-0.05, 0) is 54.1 Å². The van der Waals surface area contributed by atoms with E-state index in [-0.39, 0.29) is 11.6 Å². The number of aryl methyl sites for hydroxylation is 1. The summed E-state index contributed by atoms with van der Waals surface area (Å²) in [5.74, 6) is 2.06. The van der Waals surface area contributed by atoms with Gasteiger partial charge >= 0.3 is 0 Å². The number of rotatable bonds is 7. The number of ketones is 1. The number of halogens is 1. The molecule has 0 saturated heterocycles. The maximum absolute atomic E-state index is 12.8. The third-order valence-corrected chi connectivity index (χ3v) is 4.12. The molecule has 0 heterocycles. The Kier molecular flexibility index (Phi) is 6.01. The molecule has 0 aliphatic carbocycles. The Bertz CT molecular complexity index is 638. The normalized spacial score (nSPS) is 10.5. The molecule has 22 heavy (non-hydrogen) atoms. The summed E-state index contributed by atoms with van der Waals surface area (Å²) in [7, 11) is 0. The summed E-state index contributed by atoms with van der Waals surface area (Å²) in [6.45, 7) is 4.33. The Morgan fingerprint density at radius 2 is 1.91 bits per heavy atom. The lowest BCUT2D eigenvalue weighted by Gasteiger charge is -2.10. The molecule has 0 unspecified atom stereocenters. The molecular weight excluding hydrogens is 299 g/mol. The largest absolute Gasteiger partial charge is 0.489 e. The van der Waals surface area contributed by atoms with Gasteiger partial charge in [0.2, 0.25) is 0 Å². The van der Waals surface area contributed by atoms with Crippen LogP contribution in [0.25, 0.3) is 0 Å². The van der Waals surface area contributed by atoms with Crippen LogP contribution >= 0.6 is 11.8 Å². The van der Waals surface area contributed by atoms with Crippen LogP contribution in [-0.4, -0.2) is 17.3 Å². The minimum absolute atomic E-state index is 0.139. The van der Waals surface area contributed by atoms with E-state index in [1.54, 1.807) is 30.0 Å². The minimum atomic E-state index is -0.257. The molecule has 0 aliphatic heterocycles. The molecule has 0 bridgehead atoms. The zero-order valence-corrected chi connectivity index (χ0v) is 13.6. The molecule has 0 aromatic heterocycles. The van der Waals surface area contributed by atoms with Crippen molar-refractivity contribution in [1.29, 1.82) is 0 Å². The monoisotopic (exact) mass is 318 g/mol. The molecular formula is C18H19FO2S. The number of carbonyl (C=O) groups excluding carboxylic acids is 1. The predicted octanol–water partition coefficient (Wildman–Crippen LogP) is 4.65. The van der Waals surface area contributed by atoms with Crippen molar-refractivity contribution in [2.45, 2.75) is 20.5 Å². The highest BCUT2D eigenvalue weighted by molar-refractivity contribution is 7.99. The topological polar surface area (TPSA) is 26.3 Å². The van der Waals surface area contributed by atoms with Gasteiger partial charge in [-0.1, -0.05) is 19.1 Å². The van der Waals surface area contributed by atoms with Crippen molar-refractivity contribution in [2.75, 3.05) is 11.5 Å². The van der Waals surface area contributed by atoms with Crippen LogP contribution < -0.4 is 4.74 Å². The number of hydrogen-bond donors (Lipinski definition) is 0. The van der Waals surface area contributed by atoms with Crippen LogP contribution in [0.5, 0.6) is 5.75 Å². The standard InChI is InChI=1S/C18H19FO2S/c1-3-22-12-17(20)15-6-9-18(13(2)10-15)21-11-14-4-7-16(19)8-5-14/h4-10H,3,11-12H2,1-2H3. The van der Waals surface area contributed by atoms with Gasteiger partial charge in [0.25, 0.3) is 0 Å². The second-order valence-corrected chi connectivity index (χ2v) is 6.23. The highest BCUT2D eigenvalue weighted by Crippen LogP contribution is 2.21. The lowest BCUT2D eigenvalue weighted by atomic mass is 10.1. The van der Waals surface area contributed by atoms with E-state index < -0.39 is 0 Å². The van der Waals surface area contributed by atoms with Crippen molar-refractivity contribution in [1.82, 2.24) is 0 Å². The van der Waals surface area contributed by atoms with E-state index >= 15 is 0 Å². The lowest BCUT2D eigenvalue weighted by molar-refractivity contribution is 0.102. The first-order valence-electron chi connectivity index (χ1n) is 7.19. The van der Waals surface area contributed by atoms with Crippen LogP contribution in [0.2, 0.25) is 0 Å². The van der Waals surface area contributed by atoms with Gasteiger partial charge in [0.15, 0.2) is 5.78 Å². The zero-order chi connectivity index (χ0) is 15.9. The molecule has 0 atom stereocenters. The van der Waals surface area contributed by atoms with Crippen LogP contribution in [0.4, 0.5) is 4.39 Å². The Hall–Kier alpha value is -1.81. The summed E-state index contributed by atoms with van der Waals surface area (Å²) >= 11 is 1.62. The summed E-state index contributed by atoms with van der Waals surface area (Å²) in [5.41, 5.74) is 2.54. The molecule has 4 heteroatoms. The Morgan fingerprint density at radius 3 is 2.55 bits per heavy atom. The van der Waals surface area contributed by atoms with Gasteiger partial charge < -0.3 is 4.74 Å². The molecule has 2 aromatic carbocycles. The van der Waals surface area contributed by atoms with Gasteiger partial charge in [-0.3, -0.25) is 4.79 Å². The van der Waals surface area contributed by atoms with Gasteiger partial charge in [0, 0.05) is 5.56 Å². The lowest BCUT2D eigenvalue weighted by Crippen LogP contribution is -2.04. The molecule has 0 fully saturated rings. The van der Waals surface area contributed by atoms with Gasteiger partial charge in [0.1, 0.15) is 18.2 Å². The fraction of sp³-hybridized carbons (Fsp3) is 0.278. The maximum atomic E-state index is 12.8. The maximum Gasteiger partial charge on any atom is 0.172 e. The molecule has 0 radical (unpaired) electrons. The molecule has 0 spiro atoms. The van der Waals surface area contributed by atoms with E-state index in [0.29, 0.717) is 17.9 Å². The third kappa shape index (κ3) is 4.60. The fourth-order valence-corrected chi connectivity index (χ4v) is 2.56. The number of hydrogen-bond acceptors (Lipinski definition) is 3. The van der Waals surface area contributed by atoms with Crippen molar-refractivity contribution in [2.24, 2.45) is 0 Å². The second kappa shape index (κ2) is 7.99. The summed E-state index contributed by atoms with van der Waals surface area (Å²) in [5, 5.41) is 0. The molecule has 0 aliphatic rings. The molecule has 0 N–H and O–H groups in total. The minimum Gasteiger partial charge on any atom is -0.489 e. The quantitative estimate of drug-likeness (QED) is 0.695. The molecule has 116 valence electrons. The first kappa shape index (κ1) is 16.6. The number of Topliss-reactive ketones (excluding diaryl/α,β-unsaturated/α-hetero) is 1. The van der Waals surface area contributed by atoms with E-state index in [9.17, 15) is 9.18 Å². The second-order valence-electron chi connectivity index (χ2n) is 4.96. The number of ether oxygens (including phenoxy) is 1. The summed E-state index contributed by atoms with van der Waals surface area (Å²) in [6, 6.07) is 11.7. The highest BCUT2D eigenvalue weighted by Gasteiger charge is 2.08. The number of benzene rings is 2. The van der Waals surface area contributed by atoms with E-state index in [2.05, 4.69) is 0 Å². The number of thioether (sulfide) groups is 1.